The molecule has 1 N–H and O–H groups in total. The Labute approximate surface area is 208 Å². The highest BCUT2D eigenvalue weighted by atomic mass is 35.5. The van der Waals surface area contributed by atoms with E-state index in [4.69, 9.17) is 11.6 Å². The van der Waals surface area contributed by atoms with Crippen molar-refractivity contribution in [2.75, 3.05) is 30.0 Å². The van der Waals surface area contributed by atoms with Crippen LogP contribution < -0.4 is 10.2 Å². The smallest absolute Gasteiger partial charge is 0.321 e. The van der Waals surface area contributed by atoms with E-state index in [1.807, 2.05) is 4.90 Å². The molecule has 3 aromatic rings. The maximum atomic E-state index is 14.0. The molecule has 0 aliphatic carbocycles. The Morgan fingerprint density at radius 1 is 1.11 bits per heavy atom. The Morgan fingerprint density at radius 3 is 2.58 bits per heavy atom. The first-order valence-electron chi connectivity index (χ1n) is 11.1. The van der Waals surface area contributed by atoms with E-state index < -0.39 is 40.7 Å². The molecule has 10 nitrogen and oxygen atoms in total. The van der Waals surface area contributed by atoms with Crippen LogP contribution >= 0.6 is 11.6 Å². The number of anilines is 2. The number of carbonyl (C=O) groups is 3. The maximum Gasteiger partial charge on any atom is 0.433 e. The Kier molecular flexibility index (Phi) is 4.87. The molecular weight excluding hydrogens is 493 g/mol. The number of halogens is 2. The summed E-state index contributed by atoms with van der Waals surface area (Å²) in [6, 6.07) is 10.8. The second-order valence-electron chi connectivity index (χ2n) is 9.12. The molecule has 2 bridgehead atoms. The molecule has 4 unspecified atom stereocenters. The van der Waals surface area contributed by atoms with Gasteiger partial charge >= 0.3 is 6.03 Å². The fraction of sp³-hybridized carbons (Fsp3) is 0.208. The number of imide groups is 1. The molecule has 6 rings (SSSR count). The third kappa shape index (κ3) is 3.00. The number of fused-ring (bicyclic) bond motifs is 2. The normalized spacial score (nSPS) is 26.5. The number of quaternary nitrogens is 1. The summed E-state index contributed by atoms with van der Waals surface area (Å²) >= 11 is 5.83. The zero-order valence-corrected chi connectivity index (χ0v) is 19.3. The van der Waals surface area contributed by atoms with Crippen LogP contribution in [0.15, 0.2) is 54.6 Å². The van der Waals surface area contributed by atoms with Gasteiger partial charge in [0.05, 0.1) is 34.1 Å². The molecule has 3 aromatic carbocycles. The highest BCUT2D eigenvalue weighted by molar-refractivity contribution is 6.31. The van der Waals surface area contributed by atoms with Gasteiger partial charge < -0.3 is 5.32 Å². The number of hydrogen-bond donors (Lipinski definition) is 1. The summed E-state index contributed by atoms with van der Waals surface area (Å²) in [6.45, 7) is 0.780. The van der Waals surface area contributed by atoms with Crippen LogP contribution in [0.4, 0.5) is 26.2 Å². The minimum atomic E-state index is -0.877. The lowest BCUT2D eigenvalue weighted by Crippen LogP contribution is -2.63. The number of urea groups is 1. The lowest BCUT2D eigenvalue weighted by molar-refractivity contribution is -0.852. The van der Waals surface area contributed by atoms with Crippen molar-refractivity contribution in [1.82, 2.24) is 4.90 Å². The number of nitrogens with zero attached hydrogens (tertiary/aromatic N) is 4. The number of benzene rings is 3. The van der Waals surface area contributed by atoms with Crippen LogP contribution in [0, 0.1) is 15.9 Å². The molecule has 3 saturated heterocycles. The van der Waals surface area contributed by atoms with Crippen LogP contribution in [0.2, 0.25) is 5.02 Å². The Hall–Kier alpha value is -3.93. The average molecular weight is 511 g/mol. The van der Waals surface area contributed by atoms with Crippen molar-refractivity contribution in [3.05, 3.63) is 75.6 Å². The van der Waals surface area contributed by atoms with Crippen LogP contribution in [-0.2, 0) is 9.59 Å². The van der Waals surface area contributed by atoms with Gasteiger partial charge in [-0.25, -0.2) is 18.6 Å². The number of hydrogen-bond acceptors (Lipinski definition) is 6. The molecule has 182 valence electrons. The highest BCUT2D eigenvalue weighted by Gasteiger charge is 2.73. The Balaban J connectivity index is 1.39. The topological polar surface area (TPSA) is 113 Å². The number of nitro groups is 1. The molecule has 0 saturated carbocycles. The molecule has 0 aromatic heterocycles. The molecule has 3 aliphatic heterocycles. The third-order valence-electron chi connectivity index (χ3n) is 7.27. The standard InChI is InChI=1S/C24H17ClFN5O5/c25-16-9-13(5-6-17(16)26)27-22(32)20-10-28-11-21-23(33)29(24(34)31(20,21)12-28)18-7-8-19(30(35)36)15-4-2-1-3-14(15)18/h1-9,20-21H,10-12H2/p+1. The van der Waals surface area contributed by atoms with Crippen molar-refractivity contribution in [3.8, 4) is 0 Å². The molecule has 3 aliphatic rings. The maximum absolute atomic E-state index is 14.0. The van der Waals surface area contributed by atoms with E-state index >= 15 is 0 Å². The molecule has 3 fully saturated rings. The van der Waals surface area contributed by atoms with Crippen molar-refractivity contribution in [1.29, 1.82) is 0 Å². The van der Waals surface area contributed by atoms with Gasteiger partial charge in [-0.15, -0.1) is 0 Å². The number of rotatable bonds is 4. The highest BCUT2D eigenvalue weighted by Crippen LogP contribution is 2.45. The molecule has 1 spiro atoms. The van der Waals surface area contributed by atoms with E-state index in [-0.39, 0.29) is 39.8 Å². The van der Waals surface area contributed by atoms with Crippen LogP contribution in [-0.4, -0.2) is 64.0 Å². The van der Waals surface area contributed by atoms with Gasteiger partial charge in [0.2, 0.25) is 0 Å². The predicted octanol–water partition coefficient (Wildman–Crippen LogP) is 3.49. The molecule has 4 amide bonds. The second kappa shape index (κ2) is 7.79. The number of nitro benzene ring substituents is 1. The van der Waals surface area contributed by atoms with E-state index in [9.17, 15) is 28.9 Å². The Morgan fingerprint density at radius 2 is 1.86 bits per heavy atom. The summed E-state index contributed by atoms with van der Waals surface area (Å²) in [5.41, 5.74) is 0.385. The van der Waals surface area contributed by atoms with E-state index in [0.29, 0.717) is 17.3 Å². The lowest BCUT2D eigenvalue weighted by Gasteiger charge is -2.32. The number of non-ortho nitro benzene ring substituents is 1. The molecule has 3 heterocycles. The van der Waals surface area contributed by atoms with Crippen molar-refractivity contribution < 1.29 is 28.2 Å². The molecular formula is C24H18ClFN5O5+. The van der Waals surface area contributed by atoms with Crippen molar-refractivity contribution >= 4 is 57.3 Å². The van der Waals surface area contributed by atoms with Crippen molar-refractivity contribution in [3.63, 3.8) is 0 Å². The van der Waals surface area contributed by atoms with Gasteiger partial charge in [0, 0.05) is 17.1 Å². The van der Waals surface area contributed by atoms with E-state index in [1.54, 1.807) is 24.3 Å². The summed E-state index contributed by atoms with van der Waals surface area (Å²) < 4.78 is 13.2. The average Bonchev–Trinajstić information content (AvgIpc) is 3.49. The number of nitrogens with one attached hydrogen (secondary N) is 1. The first-order chi connectivity index (χ1) is 17.2. The fourth-order valence-electron chi connectivity index (χ4n) is 5.68. The number of carbonyl (C=O) groups excluding carboxylic acids is 3. The molecule has 36 heavy (non-hydrogen) atoms. The van der Waals surface area contributed by atoms with Gasteiger partial charge in [-0.2, -0.15) is 4.90 Å². The zero-order chi connectivity index (χ0) is 25.4. The van der Waals surface area contributed by atoms with Gasteiger partial charge in [0.15, 0.2) is 12.1 Å². The minimum absolute atomic E-state index is 0.136. The molecule has 0 radical (unpaired) electrons. The van der Waals surface area contributed by atoms with Crippen LogP contribution in [0.5, 0.6) is 0 Å². The van der Waals surface area contributed by atoms with Gasteiger partial charge in [0.25, 0.3) is 17.5 Å². The predicted molar refractivity (Wildman–Crippen MR) is 128 cm³/mol. The van der Waals surface area contributed by atoms with Crippen molar-refractivity contribution in [2.24, 2.45) is 0 Å². The van der Waals surface area contributed by atoms with Gasteiger partial charge in [0.1, 0.15) is 12.5 Å². The van der Waals surface area contributed by atoms with Gasteiger partial charge in [-0.1, -0.05) is 29.8 Å². The van der Waals surface area contributed by atoms with Gasteiger partial charge in [-0.05, 0) is 30.3 Å². The molecule has 4 atom stereocenters. The summed E-state index contributed by atoms with van der Waals surface area (Å²) in [7, 11) is 0. The summed E-state index contributed by atoms with van der Waals surface area (Å²) in [5.74, 6) is -1.57. The first kappa shape index (κ1) is 22.5. The number of amides is 4. The minimum Gasteiger partial charge on any atom is -0.321 e. The summed E-state index contributed by atoms with van der Waals surface area (Å²) in [4.78, 5) is 54.9. The quantitative estimate of drug-likeness (QED) is 0.249. The number of piperazine rings is 1. The largest absolute Gasteiger partial charge is 0.433 e. The van der Waals surface area contributed by atoms with Crippen LogP contribution in [0.1, 0.15) is 0 Å². The van der Waals surface area contributed by atoms with Gasteiger partial charge in [-0.3, -0.25) is 19.7 Å². The third-order valence-corrected chi connectivity index (χ3v) is 7.56. The fourth-order valence-corrected chi connectivity index (χ4v) is 5.86. The van der Waals surface area contributed by atoms with Crippen molar-refractivity contribution in [2.45, 2.75) is 12.1 Å². The van der Waals surface area contributed by atoms with Crippen LogP contribution in [0.25, 0.3) is 10.8 Å². The molecule has 12 heteroatoms. The summed E-state index contributed by atoms with van der Waals surface area (Å²) in [5, 5.41) is 14.8. The van der Waals surface area contributed by atoms with E-state index in [2.05, 4.69) is 5.32 Å². The first-order valence-corrected chi connectivity index (χ1v) is 11.5. The monoisotopic (exact) mass is 510 g/mol. The Bertz CT molecular complexity index is 1520. The zero-order valence-electron chi connectivity index (χ0n) is 18.6. The lowest BCUT2D eigenvalue weighted by atomic mass is 10.1. The summed E-state index contributed by atoms with van der Waals surface area (Å²) in [6.07, 6.45) is 0. The second-order valence-corrected chi connectivity index (χ2v) is 9.53. The SMILES string of the molecule is O=C(Nc1ccc(F)c(Cl)c1)C1CN2CC3C(=O)N(c4ccc([N+](=O)[O-])c5ccccc45)C(=O)[N+]13C2. The van der Waals surface area contributed by atoms with E-state index in [0.717, 1.165) is 11.0 Å². The van der Waals surface area contributed by atoms with E-state index in [1.165, 1.54) is 24.3 Å². The van der Waals surface area contributed by atoms with Crippen LogP contribution in [0.3, 0.4) is 0 Å².